The predicted molar refractivity (Wildman–Crippen MR) is 77.1 cm³/mol. The van der Waals surface area contributed by atoms with Crippen molar-refractivity contribution in [3.8, 4) is 5.88 Å². The van der Waals surface area contributed by atoms with Gasteiger partial charge in [0, 0.05) is 31.3 Å². The minimum Gasteiger partial charge on any atom is -0.481 e. The van der Waals surface area contributed by atoms with Crippen molar-refractivity contribution < 1.29 is 4.74 Å². The van der Waals surface area contributed by atoms with E-state index in [1.165, 1.54) is 0 Å². The van der Waals surface area contributed by atoms with Gasteiger partial charge in [0.2, 0.25) is 5.88 Å². The van der Waals surface area contributed by atoms with Gasteiger partial charge < -0.3 is 10.5 Å². The molecule has 102 valence electrons. The molecular formula is C13H17BrN4O. The fraction of sp³-hybridized carbons (Fsp3) is 0.385. The van der Waals surface area contributed by atoms with E-state index in [1.54, 1.807) is 13.3 Å². The van der Waals surface area contributed by atoms with E-state index in [0.29, 0.717) is 12.3 Å². The van der Waals surface area contributed by atoms with Crippen LogP contribution in [0.1, 0.15) is 23.0 Å². The van der Waals surface area contributed by atoms with Crippen LogP contribution in [-0.4, -0.2) is 21.9 Å². The molecule has 0 aliphatic carbocycles. The van der Waals surface area contributed by atoms with Gasteiger partial charge in [0.15, 0.2) is 0 Å². The molecule has 6 heteroatoms. The van der Waals surface area contributed by atoms with Gasteiger partial charge in [0.05, 0.1) is 23.0 Å². The summed E-state index contributed by atoms with van der Waals surface area (Å²) in [4.78, 5) is 4.17. The van der Waals surface area contributed by atoms with Crippen LogP contribution >= 0.6 is 15.9 Å². The molecule has 0 radical (unpaired) electrons. The number of hydrogen-bond donors (Lipinski definition) is 1. The molecule has 2 aromatic heterocycles. The third-order valence-electron chi connectivity index (χ3n) is 3.07. The third-order valence-corrected chi connectivity index (χ3v) is 4.10. The second-order valence-corrected chi connectivity index (χ2v) is 5.18. The van der Waals surface area contributed by atoms with Crippen LogP contribution in [-0.2, 0) is 13.5 Å². The molecule has 0 saturated heterocycles. The number of rotatable bonds is 4. The fourth-order valence-corrected chi connectivity index (χ4v) is 2.57. The quantitative estimate of drug-likeness (QED) is 0.935. The summed E-state index contributed by atoms with van der Waals surface area (Å²) in [7, 11) is 3.52. The molecule has 0 spiro atoms. The van der Waals surface area contributed by atoms with E-state index < -0.39 is 0 Å². The zero-order chi connectivity index (χ0) is 14.0. The molecular weight excluding hydrogens is 308 g/mol. The van der Waals surface area contributed by atoms with Gasteiger partial charge >= 0.3 is 0 Å². The molecule has 2 N–H and O–H groups in total. The first-order valence-electron chi connectivity index (χ1n) is 5.97. The lowest BCUT2D eigenvalue weighted by Gasteiger charge is -2.15. The summed E-state index contributed by atoms with van der Waals surface area (Å²) >= 11 is 3.55. The fourth-order valence-electron chi connectivity index (χ4n) is 2.08. The molecule has 2 rings (SSSR count). The lowest BCUT2D eigenvalue weighted by molar-refractivity contribution is 0.388. The summed E-state index contributed by atoms with van der Waals surface area (Å²) in [5.41, 5.74) is 9.19. The molecule has 0 bridgehead atoms. The van der Waals surface area contributed by atoms with Crippen molar-refractivity contribution in [2.45, 2.75) is 19.4 Å². The normalized spacial score (nSPS) is 12.5. The maximum atomic E-state index is 6.27. The Morgan fingerprint density at radius 1 is 1.53 bits per heavy atom. The highest BCUT2D eigenvalue weighted by Gasteiger charge is 2.18. The highest BCUT2D eigenvalue weighted by molar-refractivity contribution is 9.10. The van der Waals surface area contributed by atoms with Gasteiger partial charge in [-0.2, -0.15) is 5.10 Å². The Balaban J connectivity index is 2.28. The van der Waals surface area contributed by atoms with Gasteiger partial charge in [-0.25, -0.2) is 4.98 Å². The van der Waals surface area contributed by atoms with Crippen molar-refractivity contribution in [3.63, 3.8) is 0 Å². The van der Waals surface area contributed by atoms with E-state index in [2.05, 4.69) is 26.0 Å². The Bertz CT molecular complexity index is 582. The number of aryl methyl sites for hydroxylation is 2. The molecule has 1 atom stereocenters. The first-order valence-corrected chi connectivity index (χ1v) is 6.76. The zero-order valence-corrected chi connectivity index (χ0v) is 12.8. The Labute approximate surface area is 120 Å². The molecule has 19 heavy (non-hydrogen) atoms. The number of halogens is 1. The summed E-state index contributed by atoms with van der Waals surface area (Å²) in [6.07, 6.45) is 2.36. The van der Waals surface area contributed by atoms with E-state index in [9.17, 15) is 0 Å². The highest BCUT2D eigenvalue weighted by atomic mass is 79.9. The van der Waals surface area contributed by atoms with E-state index in [-0.39, 0.29) is 6.04 Å². The largest absolute Gasteiger partial charge is 0.481 e. The lowest BCUT2D eigenvalue weighted by atomic mass is 10.0. The topological polar surface area (TPSA) is 66.0 Å². The van der Waals surface area contributed by atoms with Crippen molar-refractivity contribution in [1.29, 1.82) is 0 Å². The number of methoxy groups -OCH3 is 1. The highest BCUT2D eigenvalue weighted by Crippen LogP contribution is 2.27. The first kappa shape index (κ1) is 14.0. The zero-order valence-electron chi connectivity index (χ0n) is 11.2. The summed E-state index contributed by atoms with van der Waals surface area (Å²) in [5.74, 6) is 0.574. The molecule has 0 amide bonds. The number of aromatic nitrogens is 3. The smallest absolute Gasteiger partial charge is 0.217 e. The van der Waals surface area contributed by atoms with Crippen LogP contribution in [0, 0.1) is 6.92 Å². The second kappa shape index (κ2) is 5.71. The Hall–Kier alpha value is -1.40. The molecule has 0 aliphatic rings. The Morgan fingerprint density at radius 2 is 2.26 bits per heavy atom. The van der Waals surface area contributed by atoms with Crippen molar-refractivity contribution in [1.82, 2.24) is 14.8 Å². The predicted octanol–water partition coefficient (Wildman–Crippen LogP) is 2.14. The van der Waals surface area contributed by atoms with Gasteiger partial charge in [0.25, 0.3) is 0 Å². The van der Waals surface area contributed by atoms with Crippen LogP contribution in [0.15, 0.2) is 22.8 Å². The molecule has 0 saturated carbocycles. The number of nitrogens with zero attached hydrogens (tertiary/aromatic N) is 3. The maximum absolute atomic E-state index is 6.27. The molecule has 2 heterocycles. The van der Waals surface area contributed by atoms with Crippen molar-refractivity contribution in [2.24, 2.45) is 12.8 Å². The van der Waals surface area contributed by atoms with Crippen LogP contribution in [0.3, 0.4) is 0 Å². The van der Waals surface area contributed by atoms with E-state index in [1.807, 2.05) is 30.8 Å². The van der Waals surface area contributed by atoms with Crippen LogP contribution in [0.4, 0.5) is 0 Å². The molecule has 0 aliphatic heterocycles. The minimum absolute atomic E-state index is 0.185. The molecule has 0 aromatic carbocycles. The molecule has 5 nitrogen and oxygen atoms in total. The maximum Gasteiger partial charge on any atom is 0.217 e. The summed E-state index contributed by atoms with van der Waals surface area (Å²) < 4.78 is 8.10. The van der Waals surface area contributed by atoms with Gasteiger partial charge in [-0.15, -0.1) is 0 Å². The van der Waals surface area contributed by atoms with Crippen LogP contribution in [0.25, 0.3) is 0 Å². The molecule has 2 aromatic rings. The van der Waals surface area contributed by atoms with Crippen LogP contribution < -0.4 is 10.5 Å². The van der Waals surface area contributed by atoms with Crippen molar-refractivity contribution in [2.75, 3.05) is 7.11 Å². The van der Waals surface area contributed by atoms with Gasteiger partial charge in [0.1, 0.15) is 0 Å². The second-order valence-electron chi connectivity index (χ2n) is 4.38. The Morgan fingerprint density at radius 3 is 2.84 bits per heavy atom. The average molecular weight is 325 g/mol. The molecule has 1 unspecified atom stereocenters. The van der Waals surface area contributed by atoms with E-state index >= 15 is 0 Å². The SMILES string of the molecule is COc1ncccc1C(N)Cc1c(Br)c(C)nn1C. The average Bonchev–Trinajstić information content (AvgIpc) is 2.65. The van der Waals surface area contributed by atoms with Gasteiger partial charge in [-0.3, -0.25) is 4.68 Å². The third kappa shape index (κ3) is 2.79. The monoisotopic (exact) mass is 324 g/mol. The number of pyridine rings is 1. The lowest BCUT2D eigenvalue weighted by Crippen LogP contribution is -2.17. The summed E-state index contributed by atoms with van der Waals surface area (Å²) in [6.45, 7) is 1.96. The van der Waals surface area contributed by atoms with Crippen LogP contribution in [0.5, 0.6) is 5.88 Å². The number of ether oxygens (including phenoxy) is 1. The van der Waals surface area contributed by atoms with E-state index in [4.69, 9.17) is 10.5 Å². The van der Waals surface area contributed by atoms with E-state index in [0.717, 1.165) is 21.4 Å². The van der Waals surface area contributed by atoms with Crippen molar-refractivity contribution in [3.05, 3.63) is 39.8 Å². The number of nitrogens with two attached hydrogens (primary N) is 1. The molecule has 0 fully saturated rings. The number of hydrogen-bond acceptors (Lipinski definition) is 4. The summed E-state index contributed by atoms with van der Waals surface area (Å²) in [6, 6.07) is 3.62. The Kier molecular flexibility index (Phi) is 4.21. The minimum atomic E-state index is -0.185. The first-order chi connectivity index (χ1) is 9.04. The summed E-state index contributed by atoms with van der Waals surface area (Å²) in [5, 5.41) is 4.37. The standard InChI is InChI=1S/C13H17BrN4O/c1-8-12(14)11(18(2)17-8)7-10(15)9-5-4-6-16-13(9)19-3/h4-6,10H,7,15H2,1-3H3. The van der Waals surface area contributed by atoms with Crippen molar-refractivity contribution >= 4 is 15.9 Å². The van der Waals surface area contributed by atoms with Gasteiger partial charge in [-0.1, -0.05) is 6.07 Å². The van der Waals surface area contributed by atoms with Gasteiger partial charge in [-0.05, 0) is 28.9 Å². The van der Waals surface area contributed by atoms with Crippen LogP contribution in [0.2, 0.25) is 0 Å².